The standard InChI is InChI=1S/C26H40O4/c1-4-23(28)30-16-6-5-12-26(29)15-11-22-20-8-7-18-17-19(27)9-13-24(18,2)21(20)10-14-25(22,26)3/h17,20-22,29H,4-16H2,1-3H3/t20-,21+,22+,24+,25+,26+/m1/s1. The molecule has 0 spiro atoms. The second-order valence-electron chi connectivity index (χ2n) is 11.0. The Morgan fingerprint density at radius 2 is 1.87 bits per heavy atom. The number of hydrogen-bond acceptors (Lipinski definition) is 4. The second-order valence-corrected chi connectivity index (χ2v) is 11.0. The van der Waals surface area contributed by atoms with Crippen molar-refractivity contribution in [3.8, 4) is 0 Å². The Morgan fingerprint density at radius 3 is 2.63 bits per heavy atom. The average molecular weight is 417 g/mol. The average Bonchev–Trinajstić information content (AvgIpc) is 2.99. The molecular formula is C26H40O4. The van der Waals surface area contributed by atoms with Crippen LogP contribution < -0.4 is 0 Å². The third-order valence-corrected chi connectivity index (χ3v) is 9.82. The van der Waals surface area contributed by atoms with E-state index in [0.29, 0.717) is 43.0 Å². The molecule has 0 aromatic carbocycles. The van der Waals surface area contributed by atoms with Gasteiger partial charge >= 0.3 is 5.97 Å². The van der Waals surface area contributed by atoms with E-state index in [1.807, 2.05) is 13.0 Å². The SMILES string of the molecule is CCC(=O)OCCCC[C@]1(O)CC[C@H]2[C@@H]3CCC4=CC(=O)CC[C@]4(C)[C@H]3CC[C@@]21C. The van der Waals surface area contributed by atoms with Crippen LogP contribution in [0.1, 0.15) is 97.8 Å². The van der Waals surface area contributed by atoms with Gasteiger partial charge < -0.3 is 9.84 Å². The van der Waals surface area contributed by atoms with Gasteiger partial charge in [-0.3, -0.25) is 9.59 Å². The third kappa shape index (κ3) is 3.47. The van der Waals surface area contributed by atoms with E-state index in [2.05, 4.69) is 13.8 Å². The lowest BCUT2D eigenvalue weighted by Gasteiger charge is -2.59. The first kappa shape index (κ1) is 22.0. The predicted octanol–water partition coefficient (Wildman–Crippen LogP) is 5.37. The molecular weight excluding hydrogens is 376 g/mol. The molecule has 4 nitrogen and oxygen atoms in total. The topological polar surface area (TPSA) is 63.6 Å². The zero-order valence-electron chi connectivity index (χ0n) is 19.2. The summed E-state index contributed by atoms with van der Waals surface area (Å²) in [5.74, 6) is 2.12. The van der Waals surface area contributed by atoms with Gasteiger partial charge in [-0.1, -0.05) is 26.3 Å². The van der Waals surface area contributed by atoms with Crippen LogP contribution in [0, 0.1) is 28.6 Å². The van der Waals surface area contributed by atoms with Gasteiger partial charge in [-0.2, -0.15) is 0 Å². The van der Waals surface area contributed by atoms with Gasteiger partial charge in [0.15, 0.2) is 5.78 Å². The number of fused-ring (bicyclic) bond motifs is 5. The number of carbonyl (C=O) groups excluding carboxylic acids is 2. The number of hydrogen-bond donors (Lipinski definition) is 1. The van der Waals surface area contributed by atoms with Crippen molar-refractivity contribution >= 4 is 11.8 Å². The van der Waals surface area contributed by atoms with E-state index in [-0.39, 0.29) is 16.8 Å². The number of unbranched alkanes of at least 4 members (excludes halogenated alkanes) is 1. The van der Waals surface area contributed by atoms with Gasteiger partial charge in [-0.05, 0) is 98.9 Å². The van der Waals surface area contributed by atoms with E-state index in [0.717, 1.165) is 51.4 Å². The molecule has 3 saturated carbocycles. The maximum absolute atomic E-state index is 12.0. The van der Waals surface area contributed by atoms with E-state index in [9.17, 15) is 14.7 Å². The van der Waals surface area contributed by atoms with Gasteiger partial charge in [0, 0.05) is 12.8 Å². The number of aliphatic hydroxyl groups is 1. The number of carbonyl (C=O) groups is 2. The molecule has 0 heterocycles. The predicted molar refractivity (Wildman–Crippen MR) is 117 cm³/mol. The molecule has 30 heavy (non-hydrogen) atoms. The Kier molecular flexibility index (Phi) is 5.93. The molecule has 168 valence electrons. The number of ketones is 1. The van der Waals surface area contributed by atoms with Crippen LogP contribution in [0.5, 0.6) is 0 Å². The van der Waals surface area contributed by atoms with E-state index in [1.54, 1.807) is 0 Å². The summed E-state index contributed by atoms with van der Waals surface area (Å²) >= 11 is 0. The zero-order valence-corrected chi connectivity index (χ0v) is 19.2. The minimum atomic E-state index is -0.586. The highest BCUT2D eigenvalue weighted by atomic mass is 16.5. The maximum Gasteiger partial charge on any atom is 0.305 e. The minimum Gasteiger partial charge on any atom is -0.466 e. The summed E-state index contributed by atoms with van der Waals surface area (Å²) in [5.41, 5.74) is 1.02. The zero-order chi connectivity index (χ0) is 21.6. The minimum absolute atomic E-state index is 0.00365. The van der Waals surface area contributed by atoms with Crippen LogP contribution in [0.2, 0.25) is 0 Å². The molecule has 1 N–H and O–H groups in total. The first-order chi connectivity index (χ1) is 14.2. The maximum atomic E-state index is 12.0. The van der Waals surface area contributed by atoms with Crippen molar-refractivity contribution in [3.63, 3.8) is 0 Å². The Balaban J connectivity index is 1.43. The van der Waals surface area contributed by atoms with Crippen molar-refractivity contribution < 1.29 is 19.4 Å². The quantitative estimate of drug-likeness (QED) is 0.467. The molecule has 4 heteroatoms. The molecule has 0 saturated heterocycles. The monoisotopic (exact) mass is 416 g/mol. The Morgan fingerprint density at radius 1 is 1.10 bits per heavy atom. The van der Waals surface area contributed by atoms with Gasteiger partial charge in [0.2, 0.25) is 0 Å². The van der Waals surface area contributed by atoms with Gasteiger partial charge in [-0.25, -0.2) is 0 Å². The fourth-order valence-electron chi connectivity index (χ4n) is 7.89. The first-order valence-corrected chi connectivity index (χ1v) is 12.4. The molecule has 6 atom stereocenters. The lowest BCUT2D eigenvalue weighted by atomic mass is 9.46. The lowest BCUT2D eigenvalue weighted by molar-refractivity contribution is -0.143. The molecule has 0 radical (unpaired) electrons. The summed E-state index contributed by atoms with van der Waals surface area (Å²) in [5, 5.41) is 11.8. The van der Waals surface area contributed by atoms with Gasteiger partial charge in [0.25, 0.3) is 0 Å². The first-order valence-electron chi connectivity index (χ1n) is 12.4. The van der Waals surface area contributed by atoms with Crippen molar-refractivity contribution in [1.29, 1.82) is 0 Å². The van der Waals surface area contributed by atoms with Crippen LogP contribution in [0.15, 0.2) is 11.6 Å². The van der Waals surface area contributed by atoms with Crippen molar-refractivity contribution in [1.82, 2.24) is 0 Å². The number of allylic oxidation sites excluding steroid dienone is 1. The number of esters is 1. The van der Waals surface area contributed by atoms with Gasteiger partial charge in [0.1, 0.15) is 0 Å². The molecule has 3 fully saturated rings. The summed E-state index contributed by atoms with van der Waals surface area (Å²) in [6, 6.07) is 0. The highest BCUT2D eigenvalue weighted by Gasteiger charge is 2.63. The Hall–Kier alpha value is -1.16. The lowest BCUT2D eigenvalue weighted by Crippen LogP contribution is -2.54. The largest absolute Gasteiger partial charge is 0.466 e. The summed E-state index contributed by atoms with van der Waals surface area (Å²) in [6.45, 7) is 7.07. The van der Waals surface area contributed by atoms with Crippen molar-refractivity contribution in [2.75, 3.05) is 6.61 Å². The fourth-order valence-corrected chi connectivity index (χ4v) is 7.89. The van der Waals surface area contributed by atoms with Crippen molar-refractivity contribution in [2.24, 2.45) is 28.6 Å². The van der Waals surface area contributed by atoms with E-state index < -0.39 is 5.60 Å². The Labute approximate surface area is 181 Å². The van der Waals surface area contributed by atoms with E-state index in [1.165, 1.54) is 18.4 Å². The molecule has 0 aliphatic heterocycles. The van der Waals surface area contributed by atoms with Crippen molar-refractivity contribution in [3.05, 3.63) is 11.6 Å². The van der Waals surface area contributed by atoms with Gasteiger partial charge in [-0.15, -0.1) is 0 Å². The number of ether oxygens (including phenoxy) is 1. The second kappa shape index (κ2) is 8.07. The molecule has 4 aliphatic carbocycles. The fraction of sp³-hybridized carbons (Fsp3) is 0.846. The van der Waals surface area contributed by atoms with Crippen molar-refractivity contribution in [2.45, 2.75) is 103 Å². The molecule has 0 aromatic rings. The smallest absolute Gasteiger partial charge is 0.305 e. The van der Waals surface area contributed by atoms with Crippen LogP contribution in [0.3, 0.4) is 0 Å². The third-order valence-electron chi connectivity index (χ3n) is 9.82. The molecule has 4 rings (SSSR count). The Bertz CT molecular complexity index is 727. The summed E-state index contributed by atoms with van der Waals surface area (Å²) in [7, 11) is 0. The molecule has 0 amide bonds. The molecule has 0 unspecified atom stereocenters. The van der Waals surface area contributed by atoms with Crippen LogP contribution in [-0.2, 0) is 14.3 Å². The molecule has 0 aromatic heterocycles. The molecule has 4 aliphatic rings. The highest BCUT2D eigenvalue weighted by Crippen LogP contribution is 2.68. The van der Waals surface area contributed by atoms with Crippen LogP contribution in [0.25, 0.3) is 0 Å². The summed E-state index contributed by atoms with van der Waals surface area (Å²) < 4.78 is 5.21. The summed E-state index contributed by atoms with van der Waals surface area (Å²) in [4.78, 5) is 23.3. The number of rotatable bonds is 6. The van der Waals surface area contributed by atoms with Crippen LogP contribution in [-0.4, -0.2) is 29.1 Å². The molecule has 0 bridgehead atoms. The van der Waals surface area contributed by atoms with Crippen LogP contribution >= 0.6 is 0 Å². The van der Waals surface area contributed by atoms with Gasteiger partial charge in [0.05, 0.1) is 12.2 Å². The highest BCUT2D eigenvalue weighted by molar-refractivity contribution is 5.91. The van der Waals surface area contributed by atoms with E-state index >= 15 is 0 Å². The summed E-state index contributed by atoms with van der Waals surface area (Å²) in [6.07, 6.45) is 13.3. The van der Waals surface area contributed by atoms with Crippen LogP contribution in [0.4, 0.5) is 0 Å². The normalized spacial score (nSPS) is 42.7. The van der Waals surface area contributed by atoms with E-state index in [4.69, 9.17) is 4.74 Å².